The van der Waals surface area contributed by atoms with Crippen molar-refractivity contribution in [3.05, 3.63) is 66.2 Å². The molecule has 1 saturated heterocycles. The van der Waals surface area contributed by atoms with Crippen LogP contribution in [0.15, 0.2) is 54.6 Å². The molecule has 1 atom stereocenters. The minimum Gasteiger partial charge on any atom is -0.305 e. The molecule has 20 heavy (non-hydrogen) atoms. The number of benzene rings is 2. The third-order valence-corrected chi connectivity index (χ3v) is 3.77. The van der Waals surface area contributed by atoms with E-state index in [1.165, 1.54) is 0 Å². The summed E-state index contributed by atoms with van der Waals surface area (Å²) in [4.78, 5) is 14.2. The molecule has 1 fully saturated rings. The summed E-state index contributed by atoms with van der Waals surface area (Å²) in [7, 11) is 0. The first-order valence-corrected chi connectivity index (χ1v) is 6.47. The van der Waals surface area contributed by atoms with Gasteiger partial charge in [0, 0.05) is 5.69 Å². The molecule has 3 heteroatoms. The van der Waals surface area contributed by atoms with Crippen molar-refractivity contribution in [2.45, 2.75) is 19.9 Å². The first kappa shape index (κ1) is 14.9. The van der Waals surface area contributed by atoms with E-state index in [2.05, 4.69) is 6.07 Å². The first-order valence-electron chi connectivity index (χ1n) is 6.47. The Hall–Kier alpha value is -1.49. The first-order chi connectivity index (χ1) is 9.12. The number of nitrogens with zero attached hydrogens (tertiary/aromatic N) is 1. The zero-order valence-electron chi connectivity index (χ0n) is 12.1. The molecular formula is C17H16LiNO. The second-order valence-corrected chi connectivity index (χ2v) is 5.45. The topological polar surface area (TPSA) is 20.3 Å². The zero-order valence-corrected chi connectivity index (χ0v) is 12.1. The number of β-lactam (4-membered cyclic amide) rings is 1. The number of hydrogen-bond acceptors (Lipinski definition) is 1. The number of para-hydroxylation sites is 1. The third kappa shape index (κ3) is 2.20. The summed E-state index contributed by atoms with van der Waals surface area (Å²) in [6.07, 6.45) is 0. The van der Waals surface area contributed by atoms with E-state index in [9.17, 15) is 4.79 Å². The van der Waals surface area contributed by atoms with Crippen molar-refractivity contribution in [3.8, 4) is 0 Å². The molecule has 3 rings (SSSR count). The van der Waals surface area contributed by atoms with E-state index in [-0.39, 0.29) is 36.2 Å². The Bertz CT molecular complexity index is 595. The smallest absolute Gasteiger partial charge is 0.305 e. The van der Waals surface area contributed by atoms with E-state index in [4.69, 9.17) is 0 Å². The van der Waals surface area contributed by atoms with E-state index >= 15 is 0 Å². The van der Waals surface area contributed by atoms with Crippen LogP contribution in [0.4, 0.5) is 5.69 Å². The van der Waals surface area contributed by atoms with E-state index < -0.39 is 0 Å². The van der Waals surface area contributed by atoms with Gasteiger partial charge in [-0.05, 0) is 26.0 Å². The number of amides is 1. The maximum atomic E-state index is 12.4. The molecule has 1 aliphatic rings. The molecule has 0 bridgehead atoms. The minimum absolute atomic E-state index is 0. The van der Waals surface area contributed by atoms with Gasteiger partial charge in [0.15, 0.2) is 0 Å². The number of hydrogen-bond donors (Lipinski definition) is 0. The third-order valence-electron chi connectivity index (χ3n) is 3.77. The van der Waals surface area contributed by atoms with Crippen LogP contribution in [0.3, 0.4) is 0 Å². The molecule has 1 unspecified atom stereocenters. The molecule has 2 nitrogen and oxygen atoms in total. The van der Waals surface area contributed by atoms with Gasteiger partial charge in [0.05, 0.1) is 11.5 Å². The molecular weight excluding hydrogens is 241 g/mol. The van der Waals surface area contributed by atoms with Crippen molar-refractivity contribution < 1.29 is 23.7 Å². The van der Waals surface area contributed by atoms with Crippen LogP contribution in [0, 0.1) is 11.5 Å². The van der Waals surface area contributed by atoms with Crippen molar-refractivity contribution in [1.82, 2.24) is 0 Å². The molecule has 0 aliphatic carbocycles. The fourth-order valence-corrected chi connectivity index (χ4v) is 2.76. The second-order valence-electron chi connectivity index (χ2n) is 5.45. The van der Waals surface area contributed by atoms with E-state index in [0.717, 1.165) is 11.3 Å². The van der Waals surface area contributed by atoms with Crippen LogP contribution < -0.4 is 23.8 Å². The Kier molecular flexibility index (Phi) is 4.08. The number of rotatable bonds is 2. The summed E-state index contributed by atoms with van der Waals surface area (Å²) in [6.45, 7) is 4.00. The average molecular weight is 257 g/mol. The Labute approximate surface area is 132 Å². The molecule has 0 N–H and O–H groups in total. The van der Waals surface area contributed by atoms with Crippen LogP contribution in [0.5, 0.6) is 0 Å². The standard InChI is InChI=1S/C17H16NO.Li/c1-17(2)15(13-9-5-3-6-10-13)18(16(17)19)14-11-7-4-8-12-14;/h3-9,11-12,15H,1-2H3;/q-1;+1. The average Bonchev–Trinajstić information content (AvgIpc) is 2.45. The van der Waals surface area contributed by atoms with E-state index in [1.807, 2.05) is 73.3 Å². The van der Waals surface area contributed by atoms with Crippen molar-refractivity contribution >= 4 is 11.6 Å². The molecule has 1 aliphatic heterocycles. The summed E-state index contributed by atoms with van der Waals surface area (Å²) in [5.74, 6) is 0.168. The zero-order chi connectivity index (χ0) is 13.5. The van der Waals surface area contributed by atoms with Gasteiger partial charge in [0.25, 0.3) is 0 Å². The van der Waals surface area contributed by atoms with Gasteiger partial charge < -0.3 is 4.90 Å². The molecule has 96 valence electrons. The predicted octanol–water partition coefficient (Wildman–Crippen LogP) is 0.605. The van der Waals surface area contributed by atoms with Crippen LogP contribution in [-0.4, -0.2) is 5.91 Å². The fraction of sp³-hybridized carbons (Fsp3) is 0.235. The van der Waals surface area contributed by atoms with Crippen molar-refractivity contribution in [1.29, 1.82) is 0 Å². The summed E-state index contributed by atoms with van der Waals surface area (Å²) >= 11 is 0. The Morgan fingerprint density at radius 2 is 1.70 bits per heavy atom. The molecule has 2 aromatic carbocycles. The van der Waals surface area contributed by atoms with Gasteiger partial charge >= 0.3 is 18.9 Å². The molecule has 0 radical (unpaired) electrons. The molecule has 1 amide bonds. The molecule has 0 aromatic heterocycles. The van der Waals surface area contributed by atoms with Crippen molar-refractivity contribution in [3.63, 3.8) is 0 Å². The van der Waals surface area contributed by atoms with Gasteiger partial charge in [-0.1, -0.05) is 18.2 Å². The number of carbonyl (C=O) groups excluding carboxylic acids is 1. The van der Waals surface area contributed by atoms with Crippen LogP contribution in [-0.2, 0) is 4.79 Å². The van der Waals surface area contributed by atoms with Crippen LogP contribution >= 0.6 is 0 Å². The summed E-state index contributed by atoms with van der Waals surface area (Å²) in [5.41, 5.74) is 1.65. The summed E-state index contributed by atoms with van der Waals surface area (Å²) < 4.78 is 0. The van der Waals surface area contributed by atoms with Gasteiger partial charge in [0.2, 0.25) is 5.91 Å². The van der Waals surface area contributed by atoms with Crippen molar-refractivity contribution in [2.24, 2.45) is 5.41 Å². The normalized spacial score (nSPS) is 20.0. The second kappa shape index (κ2) is 5.48. The number of anilines is 1. The van der Waals surface area contributed by atoms with Gasteiger partial charge in [-0.15, -0.1) is 5.56 Å². The van der Waals surface area contributed by atoms with Gasteiger partial charge in [-0.3, -0.25) is 4.79 Å². The van der Waals surface area contributed by atoms with Gasteiger partial charge in [-0.2, -0.15) is 30.3 Å². The monoisotopic (exact) mass is 257 g/mol. The summed E-state index contributed by atoms with van der Waals surface area (Å²) in [5, 5.41) is 0. The largest absolute Gasteiger partial charge is 1.00 e. The summed E-state index contributed by atoms with van der Waals surface area (Å²) in [6, 6.07) is 21.0. The minimum atomic E-state index is -0.367. The fourth-order valence-electron chi connectivity index (χ4n) is 2.76. The maximum absolute atomic E-state index is 12.4. The van der Waals surface area contributed by atoms with Crippen LogP contribution in [0.1, 0.15) is 25.5 Å². The van der Waals surface area contributed by atoms with E-state index in [1.54, 1.807) is 0 Å². The maximum Gasteiger partial charge on any atom is 1.00 e. The predicted molar refractivity (Wildman–Crippen MR) is 75.7 cm³/mol. The van der Waals surface area contributed by atoms with E-state index in [0.29, 0.717) is 0 Å². The van der Waals surface area contributed by atoms with Crippen LogP contribution in [0.2, 0.25) is 0 Å². The number of carbonyl (C=O) groups is 1. The Morgan fingerprint density at radius 3 is 2.30 bits per heavy atom. The Balaban J connectivity index is 0.00000147. The van der Waals surface area contributed by atoms with Crippen LogP contribution in [0.25, 0.3) is 0 Å². The SMILES string of the molecule is CC1(C)C(=O)N(c2ccccc2)C1c1[c-]cccc1.[Li+]. The molecule has 0 saturated carbocycles. The Morgan fingerprint density at radius 1 is 1.05 bits per heavy atom. The van der Waals surface area contributed by atoms with Gasteiger partial charge in [0.1, 0.15) is 0 Å². The molecule has 2 aromatic rings. The molecule has 1 heterocycles. The van der Waals surface area contributed by atoms with Gasteiger partial charge in [-0.25, -0.2) is 0 Å². The molecule has 0 spiro atoms. The quantitative estimate of drug-likeness (QED) is 0.438. The van der Waals surface area contributed by atoms with Crippen molar-refractivity contribution in [2.75, 3.05) is 4.90 Å².